The fourth-order valence-corrected chi connectivity index (χ4v) is 5.98. The summed E-state index contributed by atoms with van der Waals surface area (Å²) in [5.74, 6) is 0.138. The first-order valence-corrected chi connectivity index (χ1v) is 13.4. The van der Waals surface area contributed by atoms with Crippen LogP contribution < -0.4 is 5.69 Å². The molecule has 6 rings (SSSR count). The number of imidazole rings is 1. The lowest BCUT2D eigenvalue weighted by Gasteiger charge is -2.43. The van der Waals surface area contributed by atoms with Gasteiger partial charge in [-0.05, 0) is 48.7 Å². The third-order valence-corrected chi connectivity index (χ3v) is 8.25. The number of aromatic nitrogens is 5. The van der Waals surface area contributed by atoms with E-state index >= 15 is 4.39 Å². The van der Waals surface area contributed by atoms with E-state index in [0.29, 0.717) is 23.4 Å². The third-order valence-electron chi connectivity index (χ3n) is 8.25. The molecule has 2 fully saturated rings. The fraction of sp³-hybridized carbons (Fsp3) is 0.464. The van der Waals surface area contributed by atoms with E-state index in [2.05, 4.69) is 15.1 Å². The molecule has 0 N–H and O–H groups in total. The van der Waals surface area contributed by atoms with Gasteiger partial charge in [0.05, 0.1) is 42.0 Å². The normalized spacial score (nSPS) is 20.0. The van der Waals surface area contributed by atoms with Crippen molar-refractivity contribution in [3.8, 4) is 5.69 Å². The van der Waals surface area contributed by atoms with Crippen LogP contribution in [0.2, 0.25) is 0 Å². The van der Waals surface area contributed by atoms with Crippen LogP contribution in [0, 0.1) is 0 Å². The van der Waals surface area contributed by atoms with Crippen LogP contribution in [0.4, 0.5) is 17.6 Å². The fourth-order valence-electron chi connectivity index (χ4n) is 5.98. The quantitative estimate of drug-likeness (QED) is 0.298. The van der Waals surface area contributed by atoms with Crippen molar-refractivity contribution in [1.29, 1.82) is 0 Å². The zero-order chi connectivity index (χ0) is 28.9. The predicted molar refractivity (Wildman–Crippen MR) is 141 cm³/mol. The van der Waals surface area contributed by atoms with Gasteiger partial charge in [0.15, 0.2) is 12.0 Å². The lowest BCUT2D eigenvalue weighted by Crippen LogP contribution is -2.50. The Labute approximate surface area is 232 Å². The molecule has 0 bridgehead atoms. The monoisotopic (exact) mass is 574 g/mol. The second-order valence-electron chi connectivity index (χ2n) is 10.9. The first-order valence-electron chi connectivity index (χ1n) is 13.4. The zero-order valence-electron chi connectivity index (χ0n) is 22.6. The van der Waals surface area contributed by atoms with Gasteiger partial charge in [-0.25, -0.2) is 9.18 Å². The van der Waals surface area contributed by atoms with E-state index < -0.39 is 29.0 Å². The van der Waals surface area contributed by atoms with Crippen molar-refractivity contribution in [2.24, 2.45) is 7.05 Å². The molecule has 218 valence electrons. The maximum Gasteiger partial charge on any atom is 0.418 e. The summed E-state index contributed by atoms with van der Waals surface area (Å²) in [7, 11) is 3.25. The van der Waals surface area contributed by atoms with Gasteiger partial charge in [-0.3, -0.25) is 13.9 Å². The summed E-state index contributed by atoms with van der Waals surface area (Å²) in [5, 5.41) is 7.68. The summed E-state index contributed by atoms with van der Waals surface area (Å²) in [4.78, 5) is 15.7. The van der Waals surface area contributed by atoms with Gasteiger partial charge in [0.1, 0.15) is 6.33 Å². The highest BCUT2D eigenvalue weighted by Gasteiger charge is 2.50. The second kappa shape index (κ2) is 10.4. The van der Waals surface area contributed by atoms with Crippen LogP contribution in [-0.4, -0.2) is 68.1 Å². The van der Waals surface area contributed by atoms with Gasteiger partial charge in [0.25, 0.3) is 0 Å². The topological polar surface area (TPSA) is 78.8 Å². The van der Waals surface area contributed by atoms with Crippen LogP contribution in [0.15, 0.2) is 53.8 Å². The molecule has 3 aromatic heterocycles. The maximum absolute atomic E-state index is 15.9. The summed E-state index contributed by atoms with van der Waals surface area (Å²) >= 11 is 0. The lowest BCUT2D eigenvalue weighted by molar-refractivity contribution is -0.136. The number of alkyl halides is 4. The number of hydrogen-bond acceptors (Lipinski definition) is 6. The number of ether oxygens (including phenoxy) is 2. The first-order chi connectivity index (χ1) is 19.6. The molecule has 2 atom stereocenters. The molecule has 4 aromatic rings. The Hall–Kier alpha value is -3.55. The summed E-state index contributed by atoms with van der Waals surface area (Å²) in [5.41, 5.74) is -1.61. The summed E-state index contributed by atoms with van der Waals surface area (Å²) < 4.78 is 73.0. The molecule has 0 unspecified atom stereocenters. The van der Waals surface area contributed by atoms with E-state index in [-0.39, 0.29) is 37.1 Å². The highest BCUT2D eigenvalue weighted by molar-refractivity contribution is 5.58. The van der Waals surface area contributed by atoms with Crippen LogP contribution in [0.1, 0.15) is 41.5 Å². The van der Waals surface area contributed by atoms with Crippen molar-refractivity contribution < 1.29 is 27.0 Å². The number of pyridine rings is 1. The molecule has 0 aliphatic carbocycles. The molecule has 0 spiro atoms. The van der Waals surface area contributed by atoms with E-state index in [1.807, 2.05) is 0 Å². The number of aryl methyl sites for hydroxylation is 1. The SMILES string of the molecule is COC[C@H]1CCCN1Cc1cc(C(F)(F)F)c2cn(-c3cccc(C4([C@H](F)c5nncn5C)COC4)c3)c(=O)n2c1. The van der Waals surface area contributed by atoms with Crippen molar-refractivity contribution in [3.05, 3.63) is 82.1 Å². The van der Waals surface area contributed by atoms with Crippen LogP contribution in [-0.2, 0) is 34.7 Å². The lowest BCUT2D eigenvalue weighted by atomic mass is 9.74. The van der Waals surface area contributed by atoms with E-state index in [1.165, 1.54) is 27.9 Å². The number of hydrogen-bond donors (Lipinski definition) is 0. The minimum Gasteiger partial charge on any atom is -0.383 e. The minimum atomic E-state index is -4.68. The van der Waals surface area contributed by atoms with Crippen LogP contribution in [0.25, 0.3) is 11.2 Å². The Bertz CT molecular complexity index is 1620. The van der Waals surface area contributed by atoms with Gasteiger partial charge < -0.3 is 14.0 Å². The molecule has 9 nitrogen and oxygen atoms in total. The van der Waals surface area contributed by atoms with Gasteiger partial charge in [-0.2, -0.15) is 13.2 Å². The molecule has 13 heteroatoms. The largest absolute Gasteiger partial charge is 0.418 e. The van der Waals surface area contributed by atoms with E-state index in [4.69, 9.17) is 9.47 Å². The number of likely N-dealkylation sites (tertiary alicyclic amines) is 1. The van der Waals surface area contributed by atoms with Gasteiger partial charge in [0, 0.05) is 39.1 Å². The Kier molecular flexibility index (Phi) is 6.99. The molecular weight excluding hydrogens is 544 g/mol. The average Bonchev–Trinajstić information content (AvgIpc) is 3.62. The molecular formula is C28H30F4N6O3. The Morgan fingerprint density at radius 3 is 2.68 bits per heavy atom. The minimum absolute atomic E-state index is 0.0826. The molecule has 0 amide bonds. The number of halogens is 4. The van der Waals surface area contributed by atoms with Crippen molar-refractivity contribution in [2.45, 2.75) is 43.2 Å². The smallest absolute Gasteiger partial charge is 0.383 e. The Morgan fingerprint density at radius 2 is 2.02 bits per heavy atom. The number of methoxy groups -OCH3 is 1. The molecule has 1 aromatic carbocycles. The molecule has 0 radical (unpaired) electrons. The highest BCUT2D eigenvalue weighted by atomic mass is 19.4. The van der Waals surface area contributed by atoms with Crippen molar-refractivity contribution >= 4 is 5.52 Å². The van der Waals surface area contributed by atoms with Crippen molar-refractivity contribution in [1.82, 2.24) is 28.6 Å². The Morgan fingerprint density at radius 1 is 1.22 bits per heavy atom. The molecule has 5 heterocycles. The number of fused-ring (bicyclic) bond motifs is 1. The molecule has 2 aliphatic heterocycles. The van der Waals surface area contributed by atoms with E-state index in [0.717, 1.165) is 29.9 Å². The standard InChI is InChI=1S/C28H30F4N6O3/c1-35-17-33-34-25(35)24(29)27(15-41-16-27)19-5-3-6-20(10-19)37-13-23-22(28(30,31)32)9-18(12-38(23)26(37)39)11-36-8-4-7-21(36)14-40-2/h3,5-6,9-10,12-13,17,21,24H,4,7-8,11,14-16H2,1-2H3/t21-,24-/m1/s1. The van der Waals surface area contributed by atoms with E-state index in [1.54, 1.807) is 38.4 Å². The first kappa shape index (κ1) is 27.6. The zero-order valence-corrected chi connectivity index (χ0v) is 22.6. The van der Waals surface area contributed by atoms with Gasteiger partial charge >= 0.3 is 11.9 Å². The summed E-state index contributed by atoms with van der Waals surface area (Å²) in [6, 6.07) is 7.84. The molecule has 2 saturated heterocycles. The number of nitrogens with zero attached hydrogens (tertiary/aromatic N) is 6. The Balaban J connectivity index is 1.41. The molecule has 41 heavy (non-hydrogen) atoms. The number of rotatable bonds is 8. The maximum atomic E-state index is 15.9. The summed E-state index contributed by atoms with van der Waals surface area (Å²) in [6.45, 7) is 1.66. The number of benzene rings is 1. The van der Waals surface area contributed by atoms with Crippen LogP contribution in [0.5, 0.6) is 0 Å². The molecule has 2 aliphatic rings. The third kappa shape index (κ3) is 4.75. The van der Waals surface area contributed by atoms with Crippen molar-refractivity contribution in [2.75, 3.05) is 33.5 Å². The van der Waals surface area contributed by atoms with E-state index in [9.17, 15) is 18.0 Å². The van der Waals surface area contributed by atoms with Gasteiger partial charge in [-0.15, -0.1) is 10.2 Å². The predicted octanol–water partition coefficient (Wildman–Crippen LogP) is 3.83. The molecule has 0 saturated carbocycles. The second-order valence-corrected chi connectivity index (χ2v) is 10.9. The highest BCUT2D eigenvalue weighted by Crippen LogP contribution is 2.45. The van der Waals surface area contributed by atoms with Crippen LogP contribution in [0.3, 0.4) is 0 Å². The van der Waals surface area contributed by atoms with Gasteiger partial charge in [0.2, 0.25) is 0 Å². The average molecular weight is 575 g/mol. The van der Waals surface area contributed by atoms with Crippen molar-refractivity contribution in [3.63, 3.8) is 0 Å². The van der Waals surface area contributed by atoms with Gasteiger partial charge in [-0.1, -0.05) is 12.1 Å². The van der Waals surface area contributed by atoms with Crippen LogP contribution >= 0.6 is 0 Å². The summed E-state index contributed by atoms with van der Waals surface area (Å²) in [6.07, 6.45) is -0.319.